The van der Waals surface area contributed by atoms with Gasteiger partial charge in [-0.05, 0) is 24.3 Å². The van der Waals surface area contributed by atoms with Gasteiger partial charge >= 0.3 is 0 Å². The predicted molar refractivity (Wildman–Crippen MR) is 72.7 cm³/mol. The van der Waals surface area contributed by atoms with E-state index in [0.717, 1.165) is 11.4 Å². The van der Waals surface area contributed by atoms with Gasteiger partial charge in [0.2, 0.25) is 0 Å². The number of pyridine rings is 2. The summed E-state index contributed by atoms with van der Waals surface area (Å²) in [5.41, 5.74) is 1.83. The van der Waals surface area contributed by atoms with Crippen molar-refractivity contribution in [1.29, 1.82) is 0 Å². The van der Waals surface area contributed by atoms with E-state index in [2.05, 4.69) is 9.97 Å². The van der Waals surface area contributed by atoms with Crippen LogP contribution in [0.1, 0.15) is 0 Å². The Labute approximate surface area is 107 Å². The maximum atomic E-state index is 8.57. The Morgan fingerprint density at radius 1 is 0.778 bits per heavy atom. The smallest absolute Gasteiger partial charge is 0.177 e. The highest BCUT2D eigenvalue weighted by Gasteiger charge is 1.95. The molecule has 2 rings (SSSR count). The Morgan fingerprint density at radius 2 is 1.11 bits per heavy atom. The lowest BCUT2D eigenvalue weighted by atomic mass is 10.2. The zero-order valence-corrected chi connectivity index (χ0v) is 11.7. The Bertz CT molecular complexity index is 399. The standard InChI is InChI=1S/C10H8N2.2H3O2P/c1-3-7-11-9(5-1)10-6-2-4-8-12-10;2*1-3-2/h1-8H;2*3H2,(H,1,2). The lowest BCUT2D eigenvalue weighted by Gasteiger charge is -1.96. The van der Waals surface area contributed by atoms with E-state index in [-0.39, 0.29) is 0 Å². The van der Waals surface area contributed by atoms with Gasteiger partial charge in [-0.15, -0.1) is 0 Å². The van der Waals surface area contributed by atoms with Crippen LogP contribution in [0.5, 0.6) is 0 Å². The number of hydrogen-bond acceptors (Lipinski definition) is 4. The van der Waals surface area contributed by atoms with Gasteiger partial charge in [0.05, 0.1) is 11.4 Å². The Morgan fingerprint density at radius 3 is 1.33 bits per heavy atom. The molecule has 0 spiro atoms. The Kier molecular flexibility index (Phi) is 11.3. The first kappa shape index (κ1) is 16.7. The van der Waals surface area contributed by atoms with Gasteiger partial charge in [-0.25, -0.2) is 0 Å². The maximum Gasteiger partial charge on any atom is 0.177 e. The molecule has 0 amide bonds. The zero-order valence-electron chi connectivity index (χ0n) is 9.38. The summed E-state index contributed by atoms with van der Waals surface area (Å²) in [7, 11) is -3.00. The van der Waals surface area contributed by atoms with E-state index in [1.165, 1.54) is 0 Å². The summed E-state index contributed by atoms with van der Waals surface area (Å²) in [5.74, 6) is 0. The normalized spacial score (nSPS) is 9.67. The highest BCUT2D eigenvalue weighted by atomic mass is 31.1. The quantitative estimate of drug-likeness (QED) is 0.770. The molecule has 98 valence electrons. The number of hydrogen-bond donors (Lipinski definition) is 2. The average Bonchev–Trinajstić information content (AvgIpc) is 2.43. The van der Waals surface area contributed by atoms with Crippen LogP contribution in [0.2, 0.25) is 0 Å². The monoisotopic (exact) mass is 288 g/mol. The first-order chi connectivity index (χ1) is 8.79. The fourth-order valence-corrected chi connectivity index (χ4v) is 1.03. The largest absolute Gasteiger partial charge is 0.348 e. The van der Waals surface area contributed by atoms with Crippen molar-refractivity contribution in [3.8, 4) is 11.4 Å². The van der Waals surface area contributed by atoms with Gasteiger partial charge in [0.15, 0.2) is 17.4 Å². The molecule has 2 aromatic rings. The lowest BCUT2D eigenvalue weighted by molar-refractivity contribution is 0.523. The molecular formula is C10H14N2O4P2. The van der Waals surface area contributed by atoms with Gasteiger partial charge in [0, 0.05) is 12.4 Å². The molecule has 6 nitrogen and oxygen atoms in total. The lowest BCUT2D eigenvalue weighted by Crippen LogP contribution is -1.83. The molecule has 0 saturated heterocycles. The average molecular weight is 288 g/mol. The predicted octanol–water partition coefficient (Wildman–Crippen LogP) is 1.44. The molecule has 0 radical (unpaired) electrons. The minimum atomic E-state index is -1.50. The van der Waals surface area contributed by atoms with Gasteiger partial charge in [-0.3, -0.25) is 19.1 Å². The molecule has 2 unspecified atom stereocenters. The number of nitrogens with zero attached hydrogens (tertiary/aromatic N) is 2. The van der Waals surface area contributed by atoms with Crippen LogP contribution in [0, 0.1) is 0 Å². The second kappa shape index (κ2) is 12.1. The molecule has 2 atom stereocenters. The fraction of sp³-hybridized carbons (Fsp3) is 0. The fourth-order valence-electron chi connectivity index (χ4n) is 1.03. The van der Waals surface area contributed by atoms with Crippen LogP contribution in [-0.4, -0.2) is 19.8 Å². The summed E-state index contributed by atoms with van der Waals surface area (Å²) < 4.78 is 17.1. The summed E-state index contributed by atoms with van der Waals surface area (Å²) in [5, 5.41) is 0. The molecule has 0 saturated carbocycles. The molecule has 18 heavy (non-hydrogen) atoms. The Balaban J connectivity index is 0.000000414. The Hall–Kier alpha value is -1.32. The molecule has 0 aliphatic heterocycles. The third-order valence-corrected chi connectivity index (χ3v) is 1.59. The second-order valence-corrected chi connectivity index (χ2v) is 3.06. The molecule has 0 aromatic carbocycles. The van der Waals surface area contributed by atoms with E-state index >= 15 is 0 Å². The third-order valence-electron chi connectivity index (χ3n) is 1.59. The molecule has 2 N–H and O–H groups in total. The molecule has 8 heteroatoms. The first-order valence-corrected chi connectivity index (χ1v) is 6.75. The minimum Gasteiger partial charge on any atom is -0.348 e. The molecular weight excluding hydrogens is 274 g/mol. The van der Waals surface area contributed by atoms with E-state index in [1.807, 2.05) is 36.4 Å². The molecule has 2 heterocycles. The van der Waals surface area contributed by atoms with E-state index in [4.69, 9.17) is 18.9 Å². The first-order valence-electron chi connectivity index (χ1n) is 4.78. The van der Waals surface area contributed by atoms with Gasteiger partial charge in [0.25, 0.3) is 0 Å². The summed E-state index contributed by atoms with van der Waals surface area (Å²) in [6.45, 7) is 0. The summed E-state index contributed by atoms with van der Waals surface area (Å²) in [6, 6.07) is 11.6. The maximum absolute atomic E-state index is 8.57. The molecule has 0 bridgehead atoms. The highest BCUT2D eigenvalue weighted by Crippen LogP contribution is 2.10. The van der Waals surface area contributed by atoms with Crippen LogP contribution in [-0.2, 0) is 9.13 Å². The van der Waals surface area contributed by atoms with Gasteiger partial charge in [-0.2, -0.15) is 0 Å². The molecule has 0 aliphatic rings. The molecule has 0 fully saturated rings. The van der Waals surface area contributed by atoms with Crippen LogP contribution in [0.3, 0.4) is 0 Å². The van der Waals surface area contributed by atoms with Crippen LogP contribution in [0.4, 0.5) is 0 Å². The van der Waals surface area contributed by atoms with E-state index in [0.29, 0.717) is 0 Å². The van der Waals surface area contributed by atoms with Crippen molar-refractivity contribution < 1.29 is 18.9 Å². The number of rotatable bonds is 1. The van der Waals surface area contributed by atoms with Crippen molar-refractivity contribution in [2.24, 2.45) is 0 Å². The van der Waals surface area contributed by atoms with E-state index in [9.17, 15) is 0 Å². The van der Waals surface area contributed by atoms with Crippen LogP contribution < -0.4 is 0 Å². The van der Waals surface area contributed by atoms with Gasteiger partial charge in [0.1, 0.15) is 0 Å². The molecule has 2 aromatic heterocycles. The van der Waals surface area contributed by atoms with Crippen molar-refractivity contribution in [3.05, 3.63) is 48.8 Å². The molecule has 0 aliphatic carbocycles. The van der Waals surface area contributed by atoms with Crippen molar-refractivity contribution in [1.82, 2.24) is 9.97 Å². The van der Waals surface area contributed by atoms with Crippen molar-refractivity contribution in [2.45, 2.75) is 0 Å². The summed E-state index contributed by atoms with van der Waals surface area (Å²) in [4.78, 5) is 22.6. The zero-order chi connectivity index (χ0) is 13.6. The summed E-state index contributed by atoms with van der Waals surface area (Å²) in [6.07, 6.45) is 3.54. The summed E-state index contributed by atoms with van der Waals surface area (Å²) >= 11 is 0. The van der Waals surface area contributed by atoms with Gasteiger partial charge in [-0.1, -0.05) is 12.1 Å². The number of aromatic nitrogens is 2. The third kappa shape index (κ3) is 7.87. The minimum absolute atomic E-state index is 0.915. The SMILES string of the molecule is O=[PH2]O.O=[PH2]O.c1ccc(-c2ccccn2)nc1. The van der Waals surface area contributed by atoms with Crippen LogP contribution in [0.15, 0.2) is 48.8 Å². The topological polar surface area (TPSA) is 100 Å². The van der Waals surface area contributed by atoms with Gasteiger partial charge < -0.3 is 9.79 Å². The van der Waals surface area contributed by atoms with Crippen LogP contribution >= 0.6 is 17.4 Å². The van der Waals surface area contributed by atoms with Crippen LogP contribution in [0.25, 0.3) is 11.4 Å². The van der Waals surface area contributed by atoms with E-state index < -0.39 is 17.4 Å². The highest BCUT2D eigenvalue weighted by molar-refractivity contribution is 7.16. The second-order valence-electron chi connectivity index (χ2n) is 2.64. The van der Waals surface area contributed by atoms with Crippen molar-refractivity contribution in [3.63, 3.8) is 0 Å². The van der Waals surface area contributed by atoms with Crippen molar-refractivity contribution in [2.75, 3.05) is 0 Å². The van der Waals surface area contributed by atoms with Crippen molar-refractivity contribution >= 4 is 17.4 Å². The van der Waals surface area contributed by atoms with E-state index in [1.54, 1.807) is 12.4 Å².